The van der Waals surface area contributed by atoms with E-state index in [0.29, 0.717) is 17.4 Å². The second-order valence-corrected chi connectivity index (χ2v) is 8.83. The number of rotatable bonds is 2. The Morgan fingerprint density at radius 1 is 0.957 bits per heavy atom. The zero-order valence-electron chi connectivity index (χ0n) is 14.7. The van der Waals surface area contributed by atoms with Crippen molar-refractivity contribution in [2.45, 2.75) is 57.4 Å². The average Bonchev–Trinajstić information content (AvgIpc) is 2.59. The fraction of sp³-hybridized carbons (Fsp3) is 0.947. The number of nitrogens with one attached hydrogen (secondary N) is 1. The first kappa shape index (κ1) is 15.9. The Hall–Kier alpha value is -0.610. The second kappa shape index (κ2) is 6.36. The van der Waals surface area contributed by atoms with Gasteiger partial charge in [-0.2, -0.15) is 0 Å². The number of carbonyl (C=O) groups excluding carboxylic acids is 1. The molecule has 0 aromatic carbocycles. The molecule has 1 amide bonds. The maximum Gasteiger partial charge on any atom is 0.223 e. The number of nitrogens with zero attached hydrogens (tertiary/aromatic N) is 2. The van der Waals surface area contributed by atoms with Crippen molar-refractivity contribution in [1.82, 2.24) is 15.1 Å². The van der Waals surface area contributed by atoms with E-state index in [1.807, 2.05) is 0 Å². The molecule has 4 heterocycles. The molecular formula is C19H33N3O. The van der Waals surface area contributed by atoms with Crippen LogP contribution < -0.4 is 5.32 Å². The van der Waals surface area contributed by atoms with Gasteiger partial charge in [-0.25, -0.2) is 0 Å². The fourth-order valence-electron chi connectivity index (χ4n) is 5.51. The summed E-state index contributed by atoms with van der Waals surface area (Å²) in [6, 6.07) is 0.434. The van der Waals surface area contributed by atoms with Crippen molar-refractivity contribution in [2.75, 3.05) is 39.8 Å². The lowest BCUT2D eigenvalue weighted by atomic mass is 9.65. The molecule has 2 bridgehead atoms. The number of likely N-dealkylation sites (tertiary alicyclic amines) is 1. The van der Waals surface area contributed by atoms with E-state index in [4.69, 9.17) is 0 Å². The monoisotopic (exact) mass is 319 g/mol. The summed E-state index contributed by atoms with van der Waals surface area (Å²) in [6.07, 6.45) is 10.1. The molecule has 1 aliphatic carbocycles. The van der Waals surface area contributed by atoms with Crippen LogP contribution in [0.1, 0.15) is 51.4 Å². The maximum absolute atomic E-state index is 12.7. The largest absolute Gasteiger partial charge is 0.352 e. The van der Waals surface area contributed by atoms with Crippen LogP contribution in [-0.2, 0) is 4.79 Å². The highest BCUT2D eigenvalue weighted by Crippen LogP contribution is 2.46. The van der Waals surface area contributed by atoms with E-state index in [0.717, 1.165) is 25.3 Å². The Morgan fingerprint density at radius 3 is 2.17 bits per heavy atom. The topological polar surface area (TPSA) is 35.6 Å². The van der Waals surface area contributed by atoms with E-state index >= 15 is 0 Å². The van der Waals surface area contributed by atoms with Crippen LogP contribution in [0.25, 0.3) is 0 Å². The van der Waals surface area contributed by atoms with Gasteiger partial charge in [-0.3, -0.25) is 4.79 Å². The van der Waals surface area contributed by atoms with Crippen molar-refractivity contribution < 1.29 is 4.79 Å². The van der Waals surface area contributed by atoms with Crippen molar-refractivity contribution in [3.05, 3.63) is 0 Å². The van der Waals surface area contributed by atoms with Gasteiger partial charge < -0.3 is 15.1 Å². The van der Waals surface area contributed by atoms with Crippen LogP contribution in [0.3, 0.4) is 0 Å². The predicted molar refractivity (Wildman–Crippen MR) is 92.2 cm³/mol. The highest BCUT2D eigenvalue weighted by molar-refractivity contribution is 5.79. The van der Waals surface area contributed by atoms with Gasteiger partial charge in [0.25, 0.3) is 0 Å². The molecule has 1 N–H and O–H groups in total. The third-order valence-electron chi connectivity index (χ3n) is 7.45. The third kappa shape index (κ3) is 3.30. The van der Waals surface area contributed by atoms with Crippen molar-refractivity contribution in [3.63, 3.8) is 0 Å². The van der Waals surface area contributed by atoms with Gasteiger partial charge in [0.15, 0.2) is 0 Å². The summed E-state index contributed by atoms with van der Waals surface area (Å²) in [6.45, 7) is 6.08. The smallest absolute Gasteiger partial charge is 0.223 e. The molecule has 5 fully saturated rings. The number of hydrogen-bond acceptors (Lipinski definition) is 3. The van der Waals surface area contributed by atoms with Gasteiger partial charge in [-0.15, -0.1) is 0 Å². The molecule has 0 aromatic heterocycles. The minimum absolute atomic E-state index is 0.288. The molecule has 4 aliphatic heterocycles. The normalized spacial score (nSPS) is 37.9. The summed E-state index contributed by atoms with van der Waals surface area (Å²) in [4.78, 5) is 17.7. The first-order valence-corrected chi connectivity index (χ1v) is 9.85. The molecule has 23 heavy (non-hydrogen) atoms. The van der Waals surface area contributed by atoms with Gasteiger partial charge in [0.05, 0.1) is 0 Å². The summed E-state index contributed by atoms with van der Waals surface area (Å²) in [5.41, 5.74) is 0.568. The molecule has 1 atom stereocenters. The summed E-state index contributed by atoms with van der Waals surface area (Å²) in [5.74, 6) is 1.40. The van der Waals surface area contributed by atoms with Gasteiger partial charge in [0, 0.05) is 18.5 Å². The SMILES string of the molecule is CN1CCC2(CCC(C(=O)NC3CN4CCC3CC4)CC2)CC1. The van der Waals surface area contributed by atoms with Gasteiger partial charge in [0.1, 0.15) is 0 Å². The van der Waals surface area contributed by atoms with Crippen LogP contribution in [-0.4, -0.2) is 61.5 Å². The summed E-state index contributed by atoms with van der Waals surface area (Å²) < 4.78 is 0. The molecule has 5 rings (SSSR count). The summed E-state index contributed by atoms with van der Waals surface area (Å²) in [5, 5.41) is 3.43. The van der Waals surface area contributed by atoms with Crippen LogP contribution in [0.5, 0.6) is 0 Å². The zero-order valence-corrected chi connectivity index (χ0v) is 14.7. The first-order chi connectivity index (χ1) is 11.1. The number of hydrogen-bond donors (Lipinski definition) is 1. The lowest BCUT2D eigenvalue weighted by Gasteiger charge is -2.47. The summed E-state index contributed by atoms with van der Waals surface area (Å²) >= 11 is 0. The minimum atomic E-state index is 0.288. The highest BCUT2D eigenvalue weighted by atomic mass is 16.2. The number of carbonyl (C=O) groups is 1. The Labute approximate surface area is 141 Å². The third-order valence-corrected chi connectivity index (χ3v) is 7.45. The number of piperidine rings is 4. The molecule has 4 nitrogen and oxygen atoms in total. The van der Waals surface area contributed by atoms with Gasteiger partial charge in [-0.1, -0.05) is 0 Å². The molecule has 0 aromatic rings. The van der Waals surface area contributed by atoms with Crippen LogP contribution in [0, 0.1) is 17.3 Å². The Kier molecular flexibility index (Phi) is 4.39. The Bertz CT molecular complexity index is 426. The van der Waals surface area contributed by atoms with Crippen molar-refractivity contribution in [1.29, 1.82) is 0 Å². The minimum Gasteiger partial charge on any atom is -0.352 e. The van der Waals surface area contributed by atoms with Crippen molar-refractivity contribution in [3.8, 4) is 0 Å². The van der Waals surface area contributed by atoms with E-state index in [1.165, 1.54) is 64.7 Å². The molecule has 130 valence electrons. The summed E-state index contributed by atoms with van der Waals surface area (Å²) in [7, 11) is 2.24. The maximum atomic E-state index is 12.7. The van der Waals surface area contributed by atoms with Gasteiger partial charge in [-0.05, 0) is 95.9 Å². The number of amides is 1. The average molecular weight is 319 g/mol. The molecule has 4 heteroatoms. The van der Waals surface area contributed by atoms with E-state index < -0.39 is 0 Å². The second-order valence-electron chi connectivity index (χ2n) is 8.83. The molecule has 1 spiro atoms. The molecule has 4 saturated heterocycles. The van der Waals surface area contributed by atoms with Crippen LogP contribution in [0.4, 0.5) is 0 Å². The first-order valence-electron chi connectivity index (χ1n) is 9.85. The molecule has 1 saturated carbocycles. The van der Waals surface area contributed by atoms with E-state index in [-0.39, 0.29) is 5.92 Å². The van der Waals surface area contributed by atoms with Crippen LogP contribution in [0.2, 0.25) is 0 Å². The van der Waals surface area contributed by atoms with E-state index in [9.17, 15) is 4.79 Å². The molecule has 0 radical (unpaired) electrons. The van der Waals surface area contributed by atoms with Gasteiger partial charge >= 0.3 is 0 Å². The standard InChI is InChI=1S/C19H33N3O/c1-21-12-8-19(9-13-21)6-2-16(3-7-19)18(23)20-17-14-22-10-4-15(17)5-11-22/h15-17H,2-14H2,1H3,(H,20,23). The highest BCUT2D eigenvalue weighted by Gasteiger charge is 2.40. The van der Waals surface area contributed by atoms with Crippen LogP contribution >= 0.6 is 0 Å². The van der Waals surface area contributed by atoms with Crippen molar-refractivity contribution >= 4 is 5.91 Å². The van der Waals surface area contributed by atoms with Crippen LogP contribution in [0.15, 0.2) is 0 Å². The predicted octanol–water partition coefficient (Wildman–Crippen LogP) is 2.10. The Morgan fingerprint density at radius 2 is 1.61 bits per heavy atom. The van der Waals surface area contributed by atoms with Gasteiger partial charge in [0.2, 0.25) is 5.91 Å². The quantitative estimate of drug-likeness (QED) is 0.847. The lowest BCUT2D eigenvalue weighted by molar-refractivity contribution is -0.129. The molecule has 5 aliphatic rings. The van der Waals surface area contributed by atoms with E-state index in [1.54, 1.807) is 0 Å². The number of fused-ring (bicyclic) bond motifs is 3. The Balaban J connectivity index is 1.28. The lowest BCUT2D eigenvalue weighted by Crippen LogP contribution is -2.58. The van der Waals surface area contributed by atoms with Crippen molar-refractivity contribution in [2.24, 2.45) is 17.3 Å². The molecule has 1 unspecified atom stereocenters. The molecular weight excluding hydrogens is 286 g/mol. The zero-order chi connectivity index (χ0) is 15.9. The van der Waals surface area contributed by atoms with E-state index in [2.05, 4.69) is 22.2 Å². The fourth-order valence-corrected chi connectivity index (χ4v) is 5.51.